The molecule has 0 aliphatic heterocycles. The summed E-state index contributed by atoms with van der Waals surface area (Å²) in [5, 5.41) is 23.4. The molecule has 456 valence electrons. The van der Waals surface area contributed by atoms with Crippen LogP contribution in [-0.4, -0.2) is 47.4 Å². The van der Waals surface area contributed by atoms with Gasteiger partial charge in [-0.05, 0) is 57.8 Å². The lowest BCUT2D eigenvalue weighted by Crippen LogP contribution is -2.45. The van der Waals surface area contributed by atoms with E-state index in [1.54, 1.807) is 0 Å². The third-order valence-corrected chi connectivity index (χ3v) is 16.5. The Morgan fingerprint density at radius 3 is 0.987 bits per heavy atom. The summed E-state index contributed by atoms with van der Waals surface area (Å²) < 4.78 is 5.49. The Balaban J connectivity index is 3.42. The monoisotopic (exact) mass is 1080 g/mol. The van der Waals surface area contributed by atoms with E-state index in [1.807, 2.05) is 0 Å². The van der Waals surface area contributed by atoms with Crippen LogP contribution in [0.2, 0.25) is 0 Å². The van der Waals surface area contributed by atoms with E-state index in [2.05, 4.69) is 43.5 Å². The maximum atomic E-state index is 12.5. The summed E-state index contributed by atoms with van der Waals surface area (Å²) in [4.78, 5) is 24.6. The van der Waals surface area contributed by atoms with Crippen molar-refractivity contribution < 1.29 is 24.5 Å². The first-order valence-electron chi connectivity index (χ1n) is 35.1. The lowest BCUT2D eigenvalue weighted by molar-refractivity contribution is -0.143. The predicted molar refractivity (Wildman–Crippen MR) is 338 cm³/mol. The Morgan fingerprint density at radius 1 is 0.364 bits per heavy atom. The molecule has 6 heteroatoms. The van der Waals surface area contributed by atoms with Crippen LogP contribution in [0.5, 0.6) is 0 Å². The van der Waals surface area contributed by atoms with Gasteiger partial charge in [-0.15, -0.1) is 0 Å². The van der Waals surface area contributed by atoms with Gasteiger partial charge >= 0.3 is 5.97 Å². The molecule has 0 aliphatic rings. The average Bonchev–Trinajstić information content (AvgIpc) is 3.43. The minimum atomic E-state index is -0.669. The third kappa shape index (κ3) is 63.4. The molecule has 0 aromatic heterocycles. The van der Waals surface area contributed by atoms with Gasteiger partial charge in [0.15, 0.2) is 0 Å². The molecule has 0 aliphatic carbocycles. The second kappa shape index (κ2) is 66.8. The smallest absolute Gasteiger partial charge is 0.305 e. The van der Waals surface area contributed by atoms with E-state index in [-0.39, 0.29) is 18.5 Å². The Labute approximate surface area is 481 Å². The number of aliphatic hydroxyl groups is 2. The quantitative estimate of drug-likeness (QED) is 0.0320. The molecule has 0 saturated heterocycles. The number of nitrogens with one attached hydrogen (secondary N) is 1. The van der Waals surface area contributed by atoms with Gasteiger partial charge in [-0.1, -0.05) is 346 Å². The van der Waals surface area contributed by atoms with Gasteiger partial charge < -0.3 is 20.3 Å². The molecule has 0 radical (unpaired) electrons. The SMILES string of the molecule is CCCCCCCCCCCCCCCCCCCCCCCC(O)C(CO)NC(=O)CCCCCCCCCCC/C=C\C/C=C\CCCCCCCCCCCOC(=O)CCCCCCCCCCCCCCCC. The van der Waals surface area contributed by atoms with Crippen LogP contribution in [0.25, 0.3) is 0 Å². The topological polar surface area (TPSA) is 95.9 Å². The second-order valence-electron chi connectivity index (χ2n) is 24.2. The minimum Gasteiger partial charge on any atom is -0.466 e. The van der Waals surface area contributed by atoms with E-state index in [9.17, 15) is 19.8 Å². The molecule has 0 saturated carbocycles. The van der Waals surface area contributed by atoms with Crippen LogP contribution in [0, 0.1) is 0 Å². The first-order valence-corrected chi connectivity index (χ1v) is 35.1. The zero-order chi connectivity index (χ0) is 55.7. The van der Waals surface area contributed by atoms with Crippen LogP contribution >= 0.6 is 0 Å². The first-order chi connectivity index (χ1) is 38.0. The number of allylic oxidation sites excluding steroid dienone is 4. The Morgan fingerprint density at radius 2 is 0.649 bits per heavy atom. The van der Waals surface area contributed by atoms with Gasteiger partial charge in [0.2, 0.25) is 5.91 Å². The van der Waals surface area contributed by atoms with Crippen molar-refractivity contribution in [3.05, 3.63) is 24.3 Å². The molecule has 2 unspecified atom stereocenters. The zero-order valence-corrected chi connectivity index (χ0v) is 52.2. The lowest BCUT2D eigenvalue weighted by atomic mass is 10.0. The number of carbonyl (C=O) groups excluding carboxylic acids is 2. The van der Waals surface area contributed by atoms with Crippen molar-refractivity contribution in [1.82, 2.24) is 5.32 Å². The summed E-state index contributed by atoms with van der Waals surface area (Å²) in [5.74, 6) is -0.0248. The van der Waals surface area contributed by atoms with Crippen molar-refractivity contribution in [1.29, 1.82) is 0 Å². The van der Waals surface area contributed by atoms with E-state index in [1.165, 1.54) is 315 Å². The summed E-state index contributed by atoms with van der Waals surface area (Å²) >= 11 is 0. The molecule has 0 rings (SSSR count). The molecular weight excluding hydrogens is 947 g/mol. The summed E-state index contributed by atoms with van der Waals surface area (Å²) in [5.41, 5.74) is 0. The highest BCUT2D eigenvalue weighted by Crippen LogP contribution is 2.19. The molecule has 0 aromatic carbocycles. The molecular formula is C71H137NO5. The van der Waals surface area contributed by atoms with Crippen molar-refractivity contribution in [2.45, 2.75) is 405 Å². The highest BCUT2D eigenvalue weighted by atomic mass is 16.5. The summed E-state index contributed by atoms with van der Waals surface area (Å²) in [7, 11) is 0. The Kier molecular flexibility index (Phi) is 65.4. The maximum Gasteiger partial charge on any atom is 0.305 e. The second-order valence-corrected chi connectivity index (χ2v) is 24.2. The van der Waals surface area contributed by atoms with Gasteiger partial charge in [0.1, 0.15) is 0 Å². The standard InChI is InChI=1S/C71H137NO5/c1-3-5-7-9-11-13-15-17-19-20-21-27-30-33-36-39-43-47-51-55-59-63-69(74)68(67-73)72-70(75)64-60-56-52-48-44-40-37-34-31-28-25-23-22-24-26-29-32-35-38-42-46-50-54-58-62-66-77-71(76)65-61-57-53-49-45-41-18-16-14-12-10-8-6-4-2/h23-26,68-69,73-74H,3-22,27-67H2,1-2H3,(H,72,75)/b25-23-,26-24-. The molecule has 6 nitrogen and oxygen atoms in total. The minimum absolute atomic E-state index is 0.0121. The van der Waals surface area contributed by atoms with Crippen molar-refractivity contribution in [3.63, 3.8) is 0 Å². The van der Waals surface area contributed by atoms with Gasteiger partial charge in [-0.2, -0.15) is 0 Å². The van der Waals surface area contributed by atoms with Crippen LogP contribution in [0.1, 0.15) is 393 Å². The van der Waals surface area contributed by atoms with Crippen molar-refractivity contribution in [3.8, 4) is 0 Å². The van der Waals surface area contributed by atoms with Crippen LogP contribution in [0.15, 0.2) is 24.3 Å². The number of esters is 1. The average molecular weight is 1080 g/mol. The van der Waals surface area contributed by atoms with Crippen LogP contribution in [0.4, 0.5) is 0 Å². The normalized spacial score (nSPS) is 12.6. The van der Waals surface area contributed by atoms with Gasteiger partial charge in [0.25, 0.3) is 0 Å². The van der Waals surface area contributed by atoms with E-state index in [4.69, 9.17) is 4.74 Å². The number of hydrogen-bond acceptors (Lipinski definition) is 5. The van der Waals surface area contributed by atoms with Gasteiger partial charge in [0, 0.05) is 12.8 Å². The van der Waals surface area contributed by atoms with E-state index in [0.717, 1.165) is 44.9 Å². The molecule has 0 aromatic rings. The predicted octanol–water partition coefficient (Wildman–Crippen LogP) is 22.5. The molecule has 77 heavy (non-hydrogen) atoms. The Bertz CT molecular complexity index is 1200. The fourth-order valence-electron chi connectivity index (χ4n) is 11.1. The molecule has 0 bridgehead atoms. The van der Waals surface area contributed by atoms with Crippen molar-refractivity contribution in [2.75, 3.05) is 13.2 Å². The fraction of sp³-hybridized carbons (Fsp3) is 0.915. The molecule has 0 spiro atoms. The number of aliphatic hydroxyl groups excluding tert-OH is 2. The molecule has 0 heterocycles. The van der Waals surface area contributed by atoms with Crippen LogP contribution in [-0.2, 0) is 14.3 Å². The maximum absolute atomic E-state index is 12.5. The highest BCUT2D eigenvalue weighted by molar-refractivity contribution is 5.76. The van der Waals surface area contributed by atoms with E-state index in [0.29, 0.717) is 25.9 Å². The highest BCUT2D eigenvalue weighted by Gasteiger charge is 2.20. The third-order valence-electron chi connectivity index (χ3n) is 16.5. The zero-order valence-electron chi connectivity index (χ0n) is 52.2. The van der Waals surface area contributed by atoms with Crippen molar-refractivity contribution >= 4 is 11.9 Å². The van der Waals surface area contributed by atoms with Crippen molar-refractivity contribution in [2.24, 2.45) is 0 Å². The first kappa shape index (κ1) is 75.3. The fourth-order valence-corrected chi connectivity index (χ4v) is 11.1. The van der Waals surface area contributed by atoms with Gasteiger partial charge in [0.05, 0.1) is 25.4 Å². The van der Waals surface area contributed by atoms with Gasteiger partial charge in [-0.3, -0.25) is 9.59 Å². The number of hydrogen-bond donors (Lipinski definition) is 3. The largest absolute Gasteiger partial charge is 0.466 e. The van der Waals surface area contributed by atoms with E-state index < -0.39 is 12.1 Å². The number of ether oxygens (including phenoxy) is 1. The number of amides is 1. The van der Waals surface area contributed by atoms with Gasteiger partial charge in [-0.25, -0.2) is 0 Å². The summed E-state index contributed by atoms with van der Waals surface area (Å²) in [6.07, 6.45) is 83.6. The van der Waals surface area contributed by atoms with Crippen LogP contribution < -0.4 is 5.32 Å². The number of unbranched alkanes of at least 4 members (excludes halogenated alkanes) is 51. The summed E-state index contributed by atoms with van der Waals surface area (Å²) in [6, 6.07) is -0.547. The number of rotatable bonds is 66. The lowest BCUT2D eigenvalue weighted by Gasteiger charge is -2.22. The molecule has 3 N–H and O–H groups in total. The molecule has 2 atom stereocenters. The molecule has 1 amide bonds. The van der Waals surface area contributed by atoms with E-state index >= 15 is 0 Å². The molecule has 0 fully saturated rings. The summed E-state index contributed by atoms with van der Waals surface area (Å²) in [6.45, 7) is 4.99. The van der Waals surface area contributed by atoms with Crippen LogP contribution in [0.3, 0.4) is 0 Å². The number of carbonyl (C=O) groups is 2. The Hall–Kier alpha value is -1.66.